The molecule has 0 fully saturated rings. The van der Waals surface area contributed by atoms with Crippen LogP contribution in [0.3, 0.4) is 0 Å². The second-order valence-corrected chi connectivity index (χ2v) is 10.9. The molecule has 13 heteroatoms. The summed E-state index contributed by atoms with van der Waals surface area (Å²) in [7, 11) is -4.16. The molecular weight excluding hydrogens is 519 g/mol. The van der Waals surface area contributed by atoms with Crippen LogP contribution >= 0.6 is 22.9 Å². The van der Waals surface area contributed by atoms with E-state index < -0.39 is 33.3 Å². The van der Waals surface area contributed by atoms with E-state index in [2.05, 4.69) is 10.6 Å². The molecule has 9 nitrogen and oxygen atoms in total. The number of carbonyl (C=O) groups excluding carboxylic acids is 1. The number of anilines is 2. The summed E-state index contributed by atoms with van der Waals surface area (Å²) in [5.41, 5.74) is -0.230. The zero-order valence-corrected chi connectivity index (χ0v) is 20.4. The van der Waals surface area contributed by atoms with Gasteiger partial charge in [-0.2, -0.15) is 0 Å². The Kier molecular flexibility index (Phi) is 6.70. The maximum Gasteiger partial charge on any atom is 0.333 e. The van der Waals surface area contributed by atoms with Gasteiger partial charge in [0.2, 0.25) is 5.88 Å². The van der Waals surface area contributed by atoms with E-state index in [1.807, 2.05) is 6.92 Å². The predicted octanol–water partition coefficient (Wildman–Crippen LogP) is 4.49. The first-order valence-corrected chi connectivity index (χ1v) is 12.8. The van der Waals surface area contributed by atoms with Gasteiger partial charge in [0.25, 0.3) is 15.6 Å². The maximum atomic E-state index is 14.9. The van der Waals surface area contributed by atoms with Crippen molar-refractivity contribution in [3.63, 3.8) is 0 Å². The number of nitrogens with zero attached hydrogens (tertiary/aromatic N) is 1. The Morgan fingerprint density at radius 2 is 1.86 bits per heavy atom. The molecule has 4 aromatic rings. The first-order chi connectivity index (χ1) is 16.6. The van der Waals surface area contributed by atoms with Gasteiger partial charge in [-0.3, -0.25) is 4.79 Å². The van der Waals surface area contributed by atoms with Crippen LogP contribution in [0.2, 0.25) is 4.34 Å². The van der Waals surface area contributed by atoms with E-state index in [9.17, 15) is 27.5 Å². The number of urea groups is 1. The van der Waals surface area contributed by atoms with E-state index in [0.29, 0.717) is 17.3 Å². The van der Waals surface area contributed by atoms with Gasteiger partial charge in [0.15, 0.2) is 0 Å². The fourth-order valence-electron chi connectivity index (χ4n) is 3.39. The van der Waals surface area contributed by atoms with E-state index in [0.717, 1.165) is 27.7 Å². The molecule has 0 spiro atoms. The molecular formula is C22H18ClFN4O5S2. The molecule has 0 radical (unpaired) electrons. The lowest BCUT2D eigenvalue weighted by atomic mass is 10.1. The van der Waals surface area contributed by atoms with Gasteiger partial charge in [-0.05, 0) is 60.8 Å². The number of aromatic hydroxyl groups is 1. The third kappa shape index (κ3) is 5.09. The van der Waals surface area contributed by atoms with Crippen LogP contribution in [0.1, 0.15) is 6.92 Å². The summed E-state index contributed by atoms with van der Waals surface area (Å²) in [4.78, 5) is 24.8. The minimum atomic E-state index is -4.16. The van der Waals surface area contributed by atoms with Gasteiger partial charge in [0.05, 0.1) is 10.0 Å². The fraction of sp³-hybridized carbons (Fsp3) is 0.0909. The summed E-state index contributed by atoms with van der Waals surface area (Å²) in [6, 6.07) is 11.1. The van der Waals surface area contributed by atoms with Crippen molar-refractivity contribution in [1.29, 1.82) is 0 Å². The highest BCUT2D eigenvalue weighted by Crippen LogP contribution is 2.29. The molecule has 2 heterocycles. The smallest absolute Gasteiger partial charge is 0.333 e. The molecule has 0 aliphatic carbocycles. The molecule has 35 heavy (non-hydrogen) atoms. The molecule has 2 aromatic heterocycles. The Morgan fingerprint density at radius 3 is 2.51 bits per heavy atom. The highest BCUT2D eigenvalue weighted by atomic mass is 35.5. The molecule has 0 saturated heterocycles. The number of thiophene rings is 1. The number of rotatable bonds is 6. The van der Waals surface area contributed by atoms with Crippen molar-refractivity contribution in [2.75, 3.05) is 17.2 Å². The minimum Gasteiger partial charge on any atom is -0.494 e. The van der Waals surface area contributed by atoms with Crippen molar-refractivity contribution in [3.8, 4) is 11.6 Å². The molecule has 0 atom stereocenters. The van der Waals surface area contributed by atoms with E-state index >= 15 is 0 Å². The zero-order chi connectivity index (χ0) is 25.3. The molecule has 182 valence electrons. The van der Waals surface area contributed by atoms with E-state index in [1.165, 1.54) is 30.3 Å². The Bertz CT molecular complexity index is 1620. The number of carbonyl (C=O) groups is 1. The van der Waals surface area contributed by atoms with Crippen LogP contribution in [0, 0.1) is 5.82 Å². The number of aromatic nitrogens is 1. The third-order valence-corrected chi connectivity index (χ3v) is 7.93. The number of halogens is 2. The lowest BCUT2D eigenvalue weighted by Gasteiger charge is -2.14. The van der Waals surface area contributed by atoms with Gasteiger partial charge in [-0.25, -0.2) is 26.9 Å². The monoisotopic (exact) mass is 536 g/mol. The van der Waals surface area contributed by atoms with Crippen LogP contribution in [0.25, 0.3) is 16.5 Å². The normalized spacial score (nSPS) is 11.4. The van der Waals surface area contributed by atoms with E-state index in [-0.39, 0.29) is 19.9 Å². The number of amides is 2. The molecule has 4 rings (SSSR count). The Balaban J connectivity index is 1.60. The summed E-state index contributed by atoms with van der Waals surface area (Å²) in [5.74, 6) is -1.38. The van der Waals surface area contributed by atoms with Crippen LogP contribution in [-0.4, -0.2) is 30.7 Å². The Labute approximate surface area is 207 Å². The van der Waals surface area contributed by atoms with Gasteiger partial charge >= 0.3 is 6.03 Å². The van der Waals surface area contributed by atoms with Crippen molar-refractivity contribution in [1.82, 2.24) is 9.29 Å². The molecule has 0 saturated carbocycles. The number of benzene rings is 2. The highest BCUT2D eigenvalue weighted by molar-refractivity contribution is 7.92. The lowest BCUT2D eigenvalue weighted by molar-refractivity contribution is 0.256. The van der Waals surface area contributed by atoms with Gasteiger partial charge in [0.1, 0.15) is 10.0 Å². The van der Waals surface area contributed by atoms with Crippen molar-refractivity contribution < 1.29 is 22.7 Å². The summed E-state index contributed by atoms with van der Waals surface area (Å²) in [6.07, 6.45) is 0. The second kappa shape index (κ2) is 9.56. The average molecular weight is 537 g/mol. The molecule has 2 aromatic carbocycles. The Hall–Kier alpha value is -3.61. The summed E-state index contributed by atoms with van der Waals surface area (Å²) < 4.78 is 42.1. The predicted molar refractivity (Wildman–Crippen MR) is 134 cm³/mol. The first-order valence-electron chi connectivity index (χ1n) is 10.1. The topological polar surface area (TPSA) is 130 Å². The quantitative estimate of drug-likeness (QED) is 0.287. The lowest BCUT2D eigenvalue weighted by Crippen LogP contribution is -2.34. The zero-order valence-electron chi connectivity index (χ0n) is 18.0. The second-order valence-electron chi connectivity index (χ2n) is 7.26. The van der Waals surface area contributed by atoms with Gasteiger partial charge in [-0.1, -0.05) is 11.6 Å². The van der Waals surface area contributed by atoms with Gasteiger partial charge in [-0.15, -0.1) is 11.3 Å². The van der Waals surface area contributed by atoms with Crippen molar-refractivity contribution in [2.24, 2.45) is 0 Å². The molecule has 0 unspecified atom stereocenters. The number of nitrogens with one attached hydrogen (secondary N) is 3. The van der Waals surface area contributed by atoms with Gasteiger partial charge in [0, 0.05) is 29.4 Å². The largest absolute Gasteiger partial charge is 0.494 e. The summed E-state index contributed by atoms with van der Waals surface area (Å²) in [5, 5.41) is 16.8. The van der Waals surface area contributed by atoms with E-state index in [1.54, 1.807) is 22.9 Å². The number of hydrogen-bond donors (Lipinski definition) is 4. The molecule has 2 amide bonds. The van der Waals surface area contributed by atoms with Crippen LogP contribution in [0.15, 0.2) is 63.6 Å². The molecule has 0 aliphatic heterocycles. The summed E-state index contributed by atoms with van der Waals surface area (Å²) >= 11 is 6.50. The van der Waals surface area contributed by atoms with Crippen LogP contribution < -0.4 is 20.9 Å². The number of fused-ring (bicyclic) bond motifs is 1. The molecule has 0 bridgehead atoms. The van der Waals surface area contributed by atoms with Crippen molar-refractivity contribution in [3.05, 3.63) is 75.1 Å². The first kappa shape index (κ1) is 24.5. The fourth-order valence-corrected chi connectivity index (χ4v) is 5.78. The molecule has 0 aliphatic rings. The number of pyridine rings is 1. The average Bonchev–Trinajstić information content (AvgIpc) is 3.22. The molecule has 4 N–H and O–H groups in total. The van der Waals surface area contributed by atoms with Crippen LogP contribution in [0.5, 0.6) is 5.88 Å². The van der Waals surface area contributed by atoms with Crippen LogP contribution in [-0.2, 0) is 10.0 Å². The third-order valence-electron chi connectivity index (χ3n) is 4.87. The SMILES string of the molecule is CCNc1ccc2c(O)n(-c3ccc(NC(=O)NS(=O)(=O)c4ccc(Cl)s4)cc3F)c(=O)cc2c1. The highest BCUT2D eigenvalue weighted by Gasteiger charge is 2.21. The van der Waals surface area contributed by atoms with Crippen molar-refractivity contribution >= 4 is 61.1 Å². The van der Waals surface area contributed by atoms with Crippen molar-refractivity contribution in [2.45, 2.75) is 11.1 Å². The minimum absolute atomic E-state index is 0.0771. The Morgan fingerprint density at radius 1 is 1.11 bits per heavy atom. The van der Waals surface area contributed by atoms with E-state index in [4.69, 9.17) is 11.6 Å². The van der Waals surface area contributed by atoms with Crippen LogP contribution in [0.4, 0.5) is 20.6 Å². The summed E-state index contributed by atoms with van der Waals surface area (Å²) in [6.45, 7) is 2.59. The number of hydrogen-bond acceptors (Lipinski definition) is 7. The standard InChI is InChI=1S/C22H18ClFN4O5S2/c1-2-25-13-3-5-15-12(9-13)10-19(29)28(21(15)30)17-6-4-14(11-16(17)24)26-22(31)27-35(32,33)20-8-7-18(23)34-20/h3-11,25,30H,2H2,1H3,(H2,26,27,31). The maximum absolute atomic E-state index is 14.9. The number of sulfonamides is 1. The van der Waals surface area contributed by atoms with Gasteiger partial charge < -0.3 is 15.7 Å².